The van der Waals surface area contributed by atoms with Gasteiger partial charge in [-0.3, -0.25) is 0 Å². The van der Waals surface area contributed by atoms with E-state index in [2.05, 4.69) is 77.3 Å². The first-order chi connectivity index (χ1) is 14.2. The van der Waals surface area contributed by atoms with E-state index in [4.69, 9.17) is 4.74 Å². The lowest BCUT2D eigenvalue weighted by molar-refractivity contribution is 0.212. The summed E-state index contributed by atoms with van der Waals surface area (Å²) >= 11 is 0. The van der Waals surface area contributed by atoms with Gasteiger partial charge in [0.2, 0.25) is 0 Å². The van der Waals surface area contributed by atoms with Gasteiger partial charge in [0.1, 0.15) is 12.4 Å². The van der Waals surface area contributed by atoms with E-state index in [1.807, 2.05) is 0 Å². The molecule has 2 aliphatic heterocycles. The lowest BCUT2D eigenvalue weighted by atomic mass is 10.0. The van der Waals surface area contributed by atoms with E-state index in [1.165, 1.54) is 55.7 Å². The highest BCUT2D eigenvalue weighted by Gasteiger charge is 2.28. The van der Waals surface area contributed by atoms with Gasteiger partial charge in [0.05, 0.1) is 0 Å². The number of benzene rings is 2. The van der Waals surface area contributed by atoms with Crippen LogP contribution in [0.5, 0.6) is 5.75 Å². The number of anilines is 1. The molecule has 0 atom stereocenters. The predicted octanol–water partition coefficient (Wildman–Crippen LogP) is 3.70. The van der Waals surface area contributed by atoms with E-state index in [9.17, 15) is 0 Å². The number of rotatable bonds is 8. The van der Waals surface area contributed by atoms with E-state index < -0.39 is 0 Å². The second kappa shape index (κ2) is 9.64. The molecule has 2 heterocycles. The van der Waals surface area contributed by atoms with Crippen molar-refractivity contribution in [2.75, 3.05) is 58.3 Å². The Balaban J connectivity index is 1.20. The number of likely N-dealkylation sites (N-methyl/N-ethyl adjacent to an activating group) is 1. The van der Waals surface area contributed by atoms with Crippen molar-refractivity contribution in [1.29, 1.82) is 0 Å². The van der Waals surface area contributed by atoms with Gasteiger partial charge in [-0.1, -0.05) is 30.3 Å². The smallest absolute Gasteiger partial charge is 0.119 e. The minimum atomic E-state index is 0.716. The Hall–Kier alpha value is -2.04. The Kier molecular flexibility index (Phi) is 6.73. The first-order valence-corrected chi connectivity index (χ1v) is 11.1. The SMILES string of the molecule is CN(C)CCOc1ccc(CCN2CCC(N3CCc4ccccc43)CC2)cc1. The van der Waals surface area contributed by atoms with Gasteiger partial charge in [0, 0.05) is 44.5 Å². The summed E-state index contributed by atoms with van der Waals surface area (Å²) in [5.74, 6) is 0.974. The number of likely N-dealkylation sites (tertiary alicyclic amines) is 1. The summed E-state index contributed by atoms with van der Waals surface area (Å²) in [6.07, 6.45) is 4.90. The van der Waals surface area contributed by atoms with Crippen molar-refractivity contribution >= 4 is 5.69 Å². The van der Waals surface area contributed by atoms with Crippen LogP contribution in [0.3, 0.4) is 0 Å². The second-order valence-corrected chi connectivity index (χ2v) is 8.69. The van der Waals surface area contributed by atoms with Crippen molar-refractivity contribution in [3.63, 3.8) is 0 Å². The molecule has 0 saturated carbocycles. The van der Waals surface area contributed by atoms with Crippen LogP contribution >= 0.6 is 0 Å². The average molecular weight is 394 g/mol. The molecule has 0 amide bonds. The summed E-state index contributed by atoms with van der Waals surface area (Å²) in [4.78, 5) is 7.45. The summed E-state index contributed by atoms with van der Waals surface area (Å²) in [6.45, 7) is 6.48. The van der Waals surface area contributed by atoms with Gasteiger partial charge in [-0.25, -0.2) is 0 Å². The fourth-order valence-electron chi connectivity index (χ4n) is 4.58. The van der Waals surface area contributed by atoms with Crippen LogP contribution in [0.1, 0.15) is 24.0 Å². The quantitative estimate of drug-likeness (QED) is 0.681. The molecule has 2 aliphatic rings. The molecular formula is C25H35N3O. The third-order valence-electron chi connectivity index (χ3n) is 6.37. The molecule has 4 nitrogen and oxygen atoms in total. The summed E-state index contributed by atoms with van der Waals surface area (Å²) in [5, 5.41) is 0. The van der Waals surface area contributed by atoms with Gasteiger partial charge in [-0.2, -0.15) is 0 Å². The summed E-state index contributed by atoms with van der Waals surface area (Å²) in [7, 11) is 4.14. The molecule has 0 unspecified atom stereocenters. The number of piperidine rings is 1. The van der Waals surface area contributed by atoms with Crippen LogP contribution in [0, 0.1) is 0 Å². The molecule has 0 bridgehead atoms. The van der Waals surface area contributed by atoms with E-state index in [1.54, 1.807) is 0 Å². The molecule has 156 valence electrons. The number of hydrogen-bond donors (Lipinski definition) is 0. The van der Waals surface area contributed by atoms with E-state index in [-0.39, 0.29) is 0 Å². The Morgan fingerprint density at radius 1 is 0.966 bits per heavy atom. The molecule has 0 spiro atoms. The molecule has 1 fully saturated rings. The Labute approximate surface area is 176 Å². The third kappa shape index (κ3) is 5.31. The monoisotopic (exact) mass is 393 g/mol. The zero-order valence-corrected chi connectivity index (χ0v) is 18.0. The minimum Gasteiger partial charge on any atom is -0.492 e. The summed E-state index contributed by atoms with van der Waals surface area (Å²) in [5.41, 5.74) is 4.42. The molecule has 0 aliphatic carbocycles. The average Bonchev–Trinajstić information content (AvgIpc) is 3.17. The molecule has 2 aromatic carbocycles. The van der Waals surface area contributed by atoms with Crippen LogP contribution in [0.4, 0.5) is 5.69 Å². The highest BCUT2D eigenvalue weighted by molar-refractivity contribution is 5.58. The number of para-hydroxylation sites is 1. The van der Waals surface area contributed by atoms with Crippen molar-refractivity contribution in [1.82, 2.24) is 9.80 Å². The number of ether oxygens (including phenoxy) is 1. The highest BCUT2D eigenvalue weighted by atomic mass is 16.5. The molecule has 0 radical (unpaired) electrons. The fourth-order valence-corrected chi connectivity index (χ4v) is 4.58. The highest BCUT2D eigenvalue weighted by Crippen LogP contribution is 2.32. The van der Waals surface area contributed by atoms with Crippen LogP contribution in [0.25, 0.3) is 0 Å². The fraction of sp³-hybridized carbons (Fsp3) is 0.520. The first-order valence-electron chi connectivity index (χ1n) is 11.1. The lowest BCUT2D eigenvalue weighted by Crippen LogP contribution is -2.44. The third-order valence-corrected chi connectivity index (χ3v) is 6.37. The molecule has 4 heteroatoms. The molecule has 0 aromatic heterocycles. The number of fused-ring (bicyclic) bond motifs is 1. The zero-order chi connectivity index (χ0) is 20.1. The van der Waals surface area contributed by atoms with Crippen LogP contribution in [0.15, 0.2) is 48.5 Å². The maximum atomic E-state index is 5.80. The van der Waals surface area contributed by atoms with E-state index in [0.717, 1.165) is 31.9 Å². The van der Waals surface area contributed by atoms with Crippen molar-refractivity contribution in [3.05, 3.63) is 59.7 Å². The Morgan fingerprint density at radius 3 is 2.48 bits per heavy atom. The molecule has 2 aromatic rings. The normalized spacial score (nSPS) is 17.7. The van der Waals surface area contributed by atoms with Crippen molar-refractivity contribution in [2.45, 2.75) is 31.7 Å². The summed E-state index contributed by atoms with van der Waals surface area (Å²) < 4.78 is 5.80. The maximum Gasteiger partial charge on any atom is 0.119 e. The maximum absolute atomic E-state index is 5.80. The van der Waals surface area contributed by atoms with Crippen LogP contribution in [-0.2, 0) is 12.8 Å². The van der Waals surface area contributed by atoms with Gasteiger partial charge in [0.15, 0.2) is 0 Å². The van der Waals surface area contributed by atoms with E-state index >= 15 is 0 Å². The van der Waals surface area contributed by atoms with E-state index in [0.29, 0.717) is 6.04 Å². The largest absolute Gasteiger partial charge is 0.492 e. The van der Waals surface area contributed by atoms with Gasteiger partial charge in [-0.15, -0.1) is 0 Å². The molecule has 4 rings (SSSR count). The minimum absolute atomic E-state index is 0.716. The summed E-state index contributed by atoms with van der Waals surface area (Å²) in [6, 6.07) is 18.3. The molecule has 0 N–H and O–H groups in total. The predicted molar refractivity (Wildman–Crippen MR) is 121 cm³/mol. The Bertz CT molecular complexity index is 766. The van der Waals surface area contributed by atoms with Crippen LogP contribution in [0.2, 0.25) is 0 Å². The number of nitrogens with zero attached hydrogens (tertiary/aromatic N) is 3. The standard InChI is InChI=1S/C25H35N3O/c1-26(2)19-20-29-24-9-7-21(8-10-24)11-15-27-16-13-23(14-17-27)28-18-12-22-5-3-4-6-25(22)28/h3-10,23H,11-20H2,1-2H3. The van der Waals surface area contributed by atoms with Gasteiger partial charge >= 0.3 is 0 Å². The Morgan fingerprint density at radius 2 is 1.72 bits per heavy atom. The van der Waals surface area contributed by atoms with Crippen LogP contribution < -0.4 is 9.64 Å². The first kappa shape index (κ1) is 20.2. The topological polar surface area (TPSA) is 19.0 Å². The van der Waals surface area contributed by atoms with Crippen molar-refractivity contribution in [2.24, 2.45) is 0 Å². The van der Waals surface area contributed by atoms with Gasteiger partial charge < -0.3 is 19.4 Å². The van der Waals surface area contributed by atoms with Crippen molar-refractivity contribution < 1.29 is 4.74 Å². The molecular weight excluding hydrogens is 358 g/mol. The van der Waals surface area contributed by atoms with Gasteiger partial charge in [-0.05, 0) is 69.1 Å². The van der Waals surface area contributed by atoms with Gasteiger partial charge in [0.25, 0.3) is 0 Å². The molecule has 1 saturated heterocycles. The molecule has 29 heavy (non-hydrogen) atoms. The zero-order valence-electron chi connectivity index (χ0n) is 18.0. The second-order valence-electron chi connectivity index (χ2n) is 8.69. The van der Waals surface area contributed by atoms with Crippen molar-refractivity contribution in [3.8, 4) is 5.75 Å². The lowest BCUT2D eigenvalue weighted by Gasteiger charge is -2.38. The van der Waals surface area contributed by atoms with Crippen LogP contribution in [-0.4, -0.2) is 69.3 Å². The number of hydrogen-bond acceptors (Lipinski definition) is 4.